The van der Waals surface area contributed by atoms with E-state index in [1.165, 1.54) is 32.4 Å². The third-order valence-electron chi connectivity index (χ3n) is 4.78. The highest BCUT2D eigenvalue weighted by Crippen LogP contribution is 2.38. The van der Waals surface area contributed by atoms with Crippen molar-refractivity contribution in [2.45, 2.75) is 25.4 Å². The molecule has 1 aromatic carbocycles. The van der Waals surface area contributed by atoms with Crippen LogP contribution in [0.3, 0.4) is 0 Å². The van der Waals surface area contributed by atoms with E-state index in [0.717, 1.165) is 23.9 Å². The summed E-state index contributed by atoms with van der Waals surface area (Å²) in [4.78, 5) is 2.55. The molecule has 0 spiro atoms. The first-order valence-electron chi connectivity index (χ1n) is 7.30. The average molecular weight is 261 g/mol. The zero-order valence-electron chi connectivity index (χ0n) is 11.6. The van der Waals surface area contributed by atoms with Crippen LogP contribution in [0.1, 0.15) is 30.9 Å². The number of phenols is 1. The van der Waals surface area contributed by atoms with Gasteiger partial charge in [-0.3, -0.25) is 4.90 Å². The van der Waals surface area contributed by atoms with Gasteiger partial charge in [0.1, 0.15) is 5.75 Å². The molecule has 1 aliphatic carbocycles. The molecule has 19 heavy (non-hydrogen) atoms. The molecular weight excluding hydrogens is 238 g/mol. The van der Waals surface area contributed by atoms with Gasteiger partial charge < -0.3 is 9.84 Å². The molecule has 2 fully saturated rings. The predicted octanol–water partition coefficient (Wildman–Crippen LogP) is 2.81. The van der Waals surface area contributed by atoms with Gasteiger partial charge in [0, 0.05) is 26.7 Å². The summed E-state index contributed by atoms with van der Waals surface area (Å²) in [6.45, 7) is 3.44. The molecule has 0 bridgehead atoms. The normalized spacial score (nSPS) is 28.5. The molecule has 3 heteroatoms. The lowest BCUT2D eigenvalue weighted by atomic mass is 10.0. The zero-order valence-corrected chi connectivity index (χ0v) is 11.6. The second-order valence-electron chi connectivity index (χ2n) is 5.99. The van der Waals surface area contributed by atoms with Crippen molar-refractivity contribution >= 4 is 0 Å². The van der Waals surface area contributed by atoms with Crippen LogP contribution in [0.4, 0.5) is 0 Å². The molecule has 3 nitrogen and oxygen atoms in total. The fourth-order valence-corrected chi connectivity index (χ4v) is 3.72. The van der Waals surface area contributed by atoms with Crippen LogP contribution in [0.5, 0.6) is 5.75 Å². The summed E-state index contributed by atoms with van der Waals surface area (Å²) in [7, 11) is 1.77. The molecule has 1 N–H and O–H groups in total. The summed E-state index contributed by atoms with van der Waals surface area (Å²) in [5.74, 6) is 2.17. The van der Waals surface area contributed by atoms with E-state index in [2.05, 4.69) is 4.90 Å². The molecular formula is C16H23NO2. The molecule has 0 radical (unpaired) electrons. The van der Waals surface area contributed by atoms with E-state index in [1.54, 1.807) is 19.2 Å². The lowest BCUT2D eigenvalue weighted by Crippen LogP contribution is -2.28. The lowest BCUT2D eigenvalue weighted by Gasteiger charge is -2.23. The molecule has 1 aliphatic heterocycles. The van der Waals surface area contributed by atoms with E-state index in [-0.39, 0.29) is 6.10 Å². The molecule has 1 saturated carbocycles. The first-order valence-corrected chi connectivity index (χ1v) is 7.30. The Morgan fingerprint density at radius 1 is 1.21 bits per heavy atom. The summed E-state index contributed by atoms with van der Waals surface area (Å²) in [5.41, 5.74) is 1.15. The van der Waals surface area contributed by atoms with E-state index in [1.807, 2.05) is 12.1 Å². The monoisotopic (exact) mass is 261 g/mol. The third kappa shape index (κ3) is 2.77. The molecule has 2 aliphatic rings. The molecule has 0 aromatic heterocycles. The number of hydrogen-bond donors (Lipinski definition) is 1. The topological polar surface area (TPSA) is 32.7 Å². The fourth-order valence-electron chi connectivity index (χ4n) is 3.72. The van der Waals surface area contributed by atoms with Gasteiger partial charge in [0.05, 0.1) is 6.10 Å². The van der Waals surface area contributed by atoms with Gasteiger partial charge in [-0.05, 0) is 42.4 Å². The second kappa shape index (κ2) is 5.51. The van der Waals surface area contributed by atoms with Crippen LogP contribution < -0.4 is 0 Å². The lowest BCUT2D eigenvalue weighted by molar-refractivity contribution is 0.0686. The Labute approximate surface area is 115 Å². The van der Waals surface area contributed by atoms with E-state index in [9.17, 15) is 5.11 Å². The molecule has 104 valence electrons. The standard InChI is InChI=1S/C16H23NO2/c1-19-16(12-5-7-15(18)8-6-12)11-17-9-13-3-2-4-14(13)10-17/h5-8,13-14,16,18H,2-4,9-11H2,1H3. The number of phenolic OH excluding ortho intramolecular Hbond substituents is 1. The first kappa shape index (κ1) is 12.9. The highest BCUT2D eigenvalue weighted by molar-refractivity contribution is 5.27. The van der Waals surface area contributed by atoms with Gasteiger partial charge >= 0.3 is 0 Å². The van der Waals surface area contributed by atoms with Gasteiger partial charge in [-0.15, -0.1) is 0 Å². The van der Waals surface area contributed by atoms with Gasteiger partial charge in [-0.25, -0.2) is 0 Å². The van der Waals surface area contributed by atoms with Crippen LogP contribution in [0, 0.1) is 11.8 Å². The molecule has 1 aromatic rings. The fraction of sp³-hybridized carbons (Fsp3) is 0.625. The Balaban J connectivity index is 1.62. The summed E-state index contributed by atoms with van der Waals surface area (Å²) in [6, 6.07) is 7.39. The molecule has 1 heterocycles. The van der Waals surface area contributed by atoms with Crippen molar-refractivity contribution in [3.63, 3.8) is 0 Å². The van der Waals surface area contributed by atoms with Gasteiger partial charge in [0.15, 0.2) is 0 Å². The van der Waals surface area contributed by atoms with Crippen molar-refractivity contribution in [1.29, 1.82) is 0 Å². The molecule has 1 saturated heterocycles. The Hall–Kier alpha value is -1.06. The average Bonchev–Trinajstić information content (AvgIpc) is 2.98. The van der Waals surface area contributed by atoms with Crippen molar-refractivity contribution < 1.29 is 9.84 Å². The van der Waals surface area contributed by atoms with Crippen LogP contribution >= 0.6 is 0 Å². The maximum absolute atomic E-state index is 9.35. The second-order valence-corrected chi connectivity index (χ2v) is 5.99. The minimum atomic E-state index is 0.111. The van der Waals surface area contributed by atoms with E-state index >= 15 is 0 Å². The minimum Gasteiger partial charge on any atom is -0.508 e. The summed E-state index contributed by atoms with van der Waals surface area (Å²) in [6.07, 6.45) is 4.37. The van der Waals surface area contributed by atoms with E-state index in [4.69, 9.17) is 4.74 Å². The molecule has 3 atom stereocenters. The Morgan fingerprint density at radius 2 is 1.84 bits per heavy atom. The first-order chi connectivity index (χ1) is 9.26. The zero-order chi connectivity index (χ0) is 13.2. The van der Waals surface area contributed by atoms with Gasteiger partial charge in [-0.2, -0.15) is 0 Å². The van der Waals surface area contributed by atoms with Gasteiger partial charge in [-0.1, -0.05) is 18.6 Å². The quantitative estimate of drug-likeness (QED) is 0.904. The van der Waals surface area contributed by atoms with E-state index in [0.29, 0.717) is 5.75 Å². The summed E-state index contributed by atoms with van der Waals surface area (Å²) in [5, 5.41) is 9.35. The van der Waals surface area contributed by atoms with Crippen LogP contribution in [0.15, 0.2) is 24.3 Å². The van der Waals surface area contributed by atoms with Crippen molar-refractivity contribution in [2.75, 3.05) is 26.7 Å². The number of likely N-dealkylation sites (tertiary alicyclic amines) is 1. The smallest absolute Gasteiger partial charge is 0.115 e. The number of methoxy groups -OCH3 is 1. The predicted molar refractivity (Wildman–Crippen MR) is 75.1 cm³/mol. The number of hydrogen-bond acceptors (Lipinski definition) is 3. The summed E-state index contributed by atoms with van der Waals surface area (Å²) < 4.78 is 5.64. The van der Waals surface area contributed by atoms with Crippen LogP contribution in [-0.2, 0) is 4.74 Å². The minimum absolute atomic E-state index is 0.111. The van der Waals surface area contributed by atoms with Crippen LogP contribution in [-0.4, -0.2) is 36.8 Å². The number of fused-ring (bicyclic) bond motifs is 1. The number of benzene rings is 1. The van der Waals surface area contributed by atoms with Crippen molar-refractivity contribution in [1.82, 2.24) is 4.90 Å². The third-order valence-corrected chi connectivity index (χ3v) is 4.78. The number of nitrogens with zero attached hydrogens (tertiary/aromatic N) is 1. The van der Waals surface area contributed by atoms with E-state index < -0.39 is 0 Å². The SMILES string of the molecule is COC(CN1CC2CCCC2C1)c1ccc(O)cc1. The molecule has 3 unspecified atom stereocenters. The summed E-state index contributed by atoms with van der Waals surface area (Å²) >= 11 is 0. The number of ether oxygens (including phenoxy) is 1. The van der Waals surface area contributed by atoms with Gasteiger partial charge in [0.25, 0.3) is 0 Å². The van der Waals surface area contributed by atoms with Crippen molar-refractivity contribution in [2.24, 2.45) is 11.8 Å². The Bertz CT molecular complexity index is 405. The van der Waals surface area contributed by atoms with Crippen molar-refractivity contribution in [3.8, 4) is 5.75 Å². The largest absolute Gasteiger partial charge is 0.508 e. The number of aromatic hydroxyl groups is 1. The Morgan fingerprint density at radius 3 is 2.42 bits per heavy atom. The van der Waals surface area contributed by atoms with Crippen LogP contribution in [0.25, 0.3) is 0 Å². The van der Waals surface area contributed by atoms with Crippen molar-refractivity contribution in [3.05, 3.63) is 29.8 Å². The molecule has 0 amide bonds. The number of rotatable bonds is 4. The highest BCUT2D eigenvalue weighted by atomic mass is 16.5. The molecule has 3 rings (SSSR count). The van der Waals surface area contributed by atoms with Crippen LogP contribution in [0.2, 0.25) is 0 Å². The van der Waals surface area contributed by atoms with Gasteiger partial charge in [0.2, 0.25) is 0 Å². The highest BCUT2D eigenvalue weighted by Gasteiger charge is 2.36. The maximum Gasteiger partial charge on any atom is 0.115 e. The maximum atomic E-state index is 9.35. The Kier molecular flexibility index (Phi) is 3.76.